The summed E-state index contributed by atoms with van der Waals surface area (Å²) >= 11 is 0. The van der Waals surface area contributed by atoms with Gasteiger partial charge in [-0.1, -0.05) is 27.2 Å². The third-order valence-corrected chi connectivity index (χ3v) is 3.06. The van der Waals surface area contributed by atoms with Crippen molar-refractivity contribution in [2.45, 2.75) is 59.6 Å². The molecule has 0 fully saturated rings. The van der Waals surface area contributed by atoms with Gasteiger partial charge in [-0.3, -0.25) is 14.5 Å². The highest BCUT2D eigenvalue weighted by molar-refractivity contribution is 5.66. The van der Waals surface area contributed by atoms with Crippen LogP contribution in [0.4, 0.5) is 0 Å². The fraction of sp³-hybridized carbons (Fsp3) is 0.857. The van der Waals surface area contributed by atoms with E-state index in [1.807, 2.05) is 20.8 Å². The van der Waals surface area contributed by atoms with Gasteiger partial charge in [0.15, 0.2) is 0 Å². The molecule has 19 heavy (non-hydrogen) atoms. The minimum absolute atomic E-state index is 0.0808. The van der Waals surface area contributed by atoms with Crippen LogP contribution in [0, 0.1) is 0 Å². The molecule has 0 bridgehead atoms. The second kappa shape index (κ2) is 9.78. The molecule has 112 valence electrons. The quantitative estimate of drug-likeness (QED) is 0.601. The highest BCUT2D eigenvalue weighted by Crippen LogP contribution is 2.15. The predicted octanol–water partition coefficient (Wildman–Crippen LogP) is 1.99. The van der Waals surface area contributed by atoms with E-state index in [0.717, 1.165) is 25.9 Å². The number of carbonyl (C=O) groups excluding carboxylic acids is 2. The normalized spacial score (nSPS) is 14.0. The van der Waals surface area contributed by atoms with Gasteiger partial charge in [0.05, 0.1) is 6.04 Å². The summed E-state index contributed by atoms with van der Waals surface area (Å²) in [4.78, 5) is 24.4. The first-order valence-electron chi connectivity index (χ1n) is 7.00. The molecular weight excluding hydrogens is 246 g/mol. The van der Waals surface area contributed by atoms with Crippen LogP contribution in [-0.4, -0.2) is 48.7 Å². The number of ether oxygens (including phenoxy) is 2. The molecule has 0 aromatic rings. The number of rotatable bonds is 9. The Labute approximate surface area is 116 Å². The van der Waals surface area contributed by atoms with Gasteiger partial charge in [0.25, 0.3) is 0 Å². The van der Waals surface area contributed by atoms with E-state index in [9.17, 15) is 9.59 Å². The maximum atomic E-state index is 11.2. The van der Waals surface area contributed by atoms with E-state index in [1.54, 1.807) is 0 Å². The van der Waals surface area contributed by atoms with E-state index in [-0.39, 0.29) is 30.7 Å². The summed E-state index contributed by atoms with van der Waals surface area (Å²) in [6.45, 7) is 10.8. The van der Waals surface area contributed by atoms with Crippen molar-refractivity contribution >= 4 is 11.9 Å². The number of likely N-dealkylation sites (N-methyl/N-ethyl adjacent to an activating group) is 1. The molecule has 0 rings (SSSR count). The first-order valence-corrected chi connectivity index (χ1v) is 7.00. The second-order valence-electron chi connectivity index (χ2n) is 4.53. The lowest BCUT2D eigenvalue weighted by Gasteiger charge is -2.34. The molecular formula is C14H27NO4. The number of nitrogens with zero attached hydrogens (tertiary/aromatic N) is 1. The van der Waals surface area contributed by atoms with E-state index in [4.69, 9.17) is 9.47 Å². The fourth-order valence-electron chi connectivity index (χ4n) is 2.17. The highest BCUT2D eigenvalue weighted by atomic mass is 16.6. The Balaban J connectivity index is 4.89. The van der Waals surface area contributed by atoms with Gasteiger partial charge in [-0.15, -0.1) is 0 Å². The smallest absolute Gasteiger partial charge is 0.302 e. The maximum Gasteiger partial charge on any atom is 0.302 e. The standard InChI is InChI=1S/C14H27NO4/c1-6-9-14(19-12(5)17)13(10-18-11(4)16)15(7-2)8-3/h13-14H,6-10H2,1-5H3/t13-,14+/m0/s1. The van der Waals surface area contributed by atoms with E-state index in [0.29, 0.717) is 0 Å². The SMILES string of the molecule is CCC[C@@H](OC(C)=O)[C@H](COC(C)=O)N(CC)CC. The molecule has 0 N–H and O–H groups in total. The van der Waals surface area contributed by atoms with Crippen molar-refractivity contribution in [1.82, 2.24) is 4.90 Å². The van der Waals surface area contributed by atoms with Gasteiger partial charge >= 0.3 is 11.9 Å². The number of esters is 2. The minimum Gasteiger partial charge on any atom is -0.464 e. The molecule has 5 nitrogen and oxygen atoms in total. The van der Waals surface area contributed by atoms with E-state index in [2.05, 4.69) is 4.90 Å². The van der Waals surface area contributed by atoms with Crippen molar-refractivity contribution < 1.29 is 19.1 Å². The summed E-state index contributed by atoms with van der Waals surface area (Å²) in [6.07, 6.45) is 1.44. The maximum absolute atomic E-state index is 11.2. The monoisotopic (exact) mass is 273 g/mol. The molecule has 0 amide bonds. The third kappa shape index (κ3) is 7.15. The summed E-state index contributed by atoms with van der Waals surface area (Å²) < 4.78 is 10.5. The van der Waals surface area contributed by atoms with Crippen LogP contribution >= 0.6 is 0 Å². The molecule has 0 saturated carbocycles. The van der Waals surface area contributed by atoms with Crippen LogP contribution in [0.15, 0.2) is 0 Å². The Bertz CT molecular complexity index is 277. The van der Waals surface area contributed by atoms with Gasteiger partial charge in [-0.2, -0.15) is 0 Å². The molecule has 0 heterocycles. The summed E-state index contributed by atoms with van der Waals surface area (Å²) in [6, 6.07) is -0.0808. The average Bonchev–Trinajstić information content (AvgIpc) is 2.33. The van der Waals surface area contributed by atoms with Crippen LogP contribution in [0.5, 0.6) is 0 Å². The van der Waals surface area contributed by atoms with Gasteiger partial charge in [0, 0.05) is 13.8 Å². The molecule has 2 atom stereocenters. The van der Waals surface area contributed by atoms with Crippen molar-refractivity contribution in [3.63, 3.8) is 0 Å². The zero-order valence-electron chi connectivity index (χ0n) is 12.8. The third-order valence-electron chi connectivity index (χ3n) is 3.06. The van der Waals surface area contributed by atoms with Crippen molar-refractivity contribution in [3.8, 4) is 0 Å². The summed E-state index contributed by atoms with van der Waals surface area (Å²) in [7, 11) is 0. The van der Waals surface area contributed by atoms with Crippen LogP contribution in [-0.2, 0) is 19.1 Å². The number of carbonyl (C=O) groups is 2. The van der Waals surface area contributed by atoms with Gasteiger partial charge in [0.1, 0.15) is 12.7 Å². The lowest BCUT2D eigenvalue weighted by molar-refractivity contribution is -0.154. The summed E-state index contributed by atoms with van der Waals surface area (Å²) in [5.41, 5.74) is 0. The molecule has 0 aromatic heterocycles. The van der Waals surface area contributed by atoms with Crippen LogP contribution < -0.4 is 0 Å². The van der Waals surface area contributed by atoms with Gasteiger partial charge in [0.2, 0.25) is 0 Å². The fourth-order valence-corrected chi connectivity index (χ4v) is 2.17. The van der Waals surface area contributed by atoms with Crippen molar-refractivity contribution in [2.75, 3.05) is 19.7 Å². The predicted molar refractivity (Wildman–Crippen MR) is 73.8 cm³/mol. The van der Waals surface area contributed by atoms with Crippen LogP contribution in [0.2, 0.25) is 0 Å². The molecule has 5 heteroatoms. The largest absolute Gasteiger partial charge is 0.464 e. The van der Waals surface area contributed by atoms with Crippen LogP contribution in [0.1, 0.15) is 47.5 Å². The molecule has 0 saturated heterocycles. The van der Waals surface area contributed by atoms with Crippen molar-refractivity contribution in [1.29, 1.82) is 0 Å². The van der Waals surface area contributed by atoms with Crippen LogP contribution in [0.3, 0.4) is 0 Å². The average molecular weight is 273 g/mol. The Morgan fingerprint density at radius 3 is 2.00 bits per heavy atom. The molecule has 0 aliphatic heterocycles. The Morgan fingerprint density at radius 2 is 1.63 bits per heavy atom. The van der Waals surface area contributed by atoms with Crippen LogP contribution in [0.25, 0.3) is 0 Å². The van der Waals surface area contributed by atoms with E-state index in [1.165, 1.54) is 13.8 Å². The van der Waals surface area contributed by atoms with E-state index >= 15 is 0 Å². The molecule has 0 spiro atoms. The highest BCUT2D eigenvalue weighted by Gasteiger charge is 2.29. The zero-order chi connectivity index (χ0) is 14.8. The van der Waals surface area contributed by atoms with Gasteiger partial charge in [-0.25, -0.2) is 0 Å². The van der Waals surface area contributed by atoms with E-state index < -0.39 is 0 Å². The molecule has 0 aliphatic carbocycles. The minimum atomic E-state index is -0.310. The molecule has 0 radical (unpaired) electrons. The molecule has 0 unspecified atom stereocenters. The second-order valence-corrected chi connectivity index (χ2v) is 4.53. The Hall–Kier alpha value is -1.10. The molecule has 0 aliphatic rings. The first-order chi connectivity index (χ1) is 8.96. The summed E-state index contributed by atoms with van der Waals surface area (Å²) in [5.74, 6) is -0.603. The van der Waals surface area contributed by atoms with Crippen molar-refractivity contribution in [3.05, 3.63) is 0 Å². The Morgan fingerprint density at radius 1 is 1.05 bits per heavy atom. The number of hydrogen-bond acceptors (Lipinski definition) is 5. The van der Waals surface area contributed by atoms with Gasteiger partial charge < -0.3 is 9.47 Å². The molecule has 0 aromatic carbocycles. The lowest BCUT2D eigenvalue weighted by Crippen LogP contribution is -2.48. The van der Waals surface area contributed by atoms with Gasteiger partial charge in [-0.05, 0) is 19.5 Å². The lowest BCUT2D eigenvalue weighted by atomic mass is 10.0. The Kier molecular flexibility index (Phi) is 9.21. The summed E-state index contributed by atoms with van der Waals surface area (Å²) in [5, 5.41) is 0. The number of hydrogen-bond donors (Lipinski definition) is 0. The van der Waals surface area contributed by atoms with Crippen molar-refractivity contribution in [2.24, 2.45) is 0 Å². The topological polar surface area (TPSA) is 55.8 Å². The zero-order valence-corrected chi connectivity index (χ0v) is 12.8. The first kappa shape index (κ1) is 17.9.